The van der Waals surface area contributed by atoms with Gasteiger partial charge >= 0.3 is 0 Å². The molecule has 0 spiro atoms. The lowest BCUT2D eigenvalue weighted by Crippen LogP contribution is -2.73. The SMILES string of the molecule is Cl.Cl.N#CCC1(N2CCC(N[C@@H]3C[C@H]3c3ccccc3)CC2)CN(S(N)(=O)=O)C1. The highest BCUT2D eigenvalue weighted by atomic mass is 35.5. The summed E-state index contributed by atoms with van der Waals surface area (Å²) in [6.45, 7) is 2.44. The standard InChI is InChI=1S/C19H27N5O2S.2ClH/c20-9-8-19(13-24(14-19)27(21,25)26)23-10-6-16(7-11-23)22-18-12-17(18)15-4-2-1-3-5-15;;/h1-5,16-18,22H,6-8,10-14H2,(H2,21,25,26);2*1H/t17-,18+;;/m0../s1. The number of hydrogen-bond donors (Lipinski definition) is 2. The lowest BCUT2D eigenvalue weighted by molar-refractivity contribution is -0.0255. The van der Waals surface area contributed by atoms with Crippen molar-refractivity contribution >= 4 is 35.0 Å². The van der Waals surface area contributed by atoms with Crippen molar-refractivity contribution in [2.75, 3.05) is 26.2 Å². The molecule has 0 radical (unpaired) electrons. The molecule has 2 atom stereocenters. The van der Waals surface area contributed by atoms with E-state index in [9.17, 15) is 13.7 Å². The van der Waals surface area contributed by atoms with E-state index in [1.807, 2.05) is 0 Å². The predicted octanol–water partition coefficient (Wildman–Crippen LogP) is 1.61. The van der Waals surface area contributed by atoms with Gasteiger partial charge in [-0.2, -0.15) is 18.0 Å². The molecule has 0 aromatic heterocycles. The lowest BCUT2D eigenvalue weighted by Gasteiger charge is -2.55. The van der Waals surface area contributed by atoms with Gasteiger partial charge in [-0.15, -0.1) is 24.8 Å². The van der Waals surface area contributed by atoms with Crippen LogP contribution in [0, 0.1) is 11.3 Å². The molecule has 1 aromatic rings. The zero-order chi connectivity index (χ0) is 19.1. The highest BCUT2D eigenvalue weighted by Crippen LogP contribution is 2.41. The number of halogens is 2. The second-order valence-electron chi connectivity index (χ2n) is 8.16. The Kier molecular flexibility index (Phi) is 7.96. The normalized spacial score (nSPS) is 27.0. The van der Waals surface area contributed by atoms with E-state index in [-0.39, 0.29) is 30.4 Å². The summed E-state index contributed by atoms with van der Waals surface area (Å²) in [7, 11) is -3.66. The first kappa shape index (κ1) is 24.4. The van der Waals surface area contributed by atoms with Crippen LogP contribution in [0.2, 0.25) is 0 Å². The molecule has 1 aromatic carbocycles. The first-order chi connectivity index (χ1) is 12.9. The molecule has 3 N–H and O–H groups in total. The number of rotatable bonds is 6. The Bertz CT molecular complexity index is 819. The average molecular weight is 462 g/mol. The van der Waals surface area contributed by atoms with Gasteiger partial charge in [-0.25, -0.2) is 5.14 Å². The molecule has 7 nitrogen and oxygen atoms in total. The first-order valence-corrected chi connectivity index (χ1v) is 11.1. The molecule has 2 saturated heterocycles. The van der Waals surface area contributed by atoms with Crippen LogP contribution < -0.4 is 10.5 Å². The van der Waals surface area contributed by atoms with Crippen molar-refractivity contribution < 1.29 is 8.42 Å². The van der Waals surface area contributed by atoms with Gasteiger partial charge < -0.3 is 5.32 Å². The van der Waals surface area contributed by atoms with E-state index < -0.39 is 10.2 Å². The van der Waals surface area contributed by atoms with Crippen molar-refractivity contribution in [2.45, 2.75) is 49.2 Å². The highest BCUT2D eigenvalue weighted by molar-refractivity contribution is 7.86. The molecule has 29 heavy (non-hydrogen) atoms. The molecular weight excluding hydrogens is 433 g/mol. The molecule has 162 valence electrons. The second kappa shape index (κ2) is 9.48. The molecule has 2 heterocycles. The first-order valence-electron chi connectivity index (χ1n) is 9.62. The maximum Gasteiger partial charge on any atom is 0.277 e. The molecule has 0 unspecified atom stereocenters. The number of nitrogens with one attached hydrogen (secondary N) is 1. The van der Waals surface area contributed by atoms with Gasteiger partial charge in [0, 0.05) is 44.2 Å². The van der Waals surface area contributed by atoms with Crippen LogP contribution in [0.15, 0.2) is 30.3 Å². The fraction of sp³-hybridized carbons (Fsp3) is 0.632. The fourth-order valence-corrected chi connectivity index (χ4v) is 5.47. The number of nitriles is 1. The number of nitrogens with two attached hydrogens (primary N) is 1. The summed E-state index contributed by atoms with van der Waals surface area (Å²) in [6.07, 6.45) is 3.60. The highest BCUT2D eigenvalue weighted by Gasteiger charge is 2.51. The van der Waals surface area contributed by atoms with E-state index in [1.54, 1.807) is 0 Å². The number of likely N-dealkylation sites (tertiary alicyclic amines) is 1. The van der Waals surface area contributed by atoms with E-state index in [4.69, 9.17) is 5.14 Å². The molecule has 1 aliphatic carbocycles. The molecular formula is C19H29Cl2N5O2S. The molecule has 1 saturated carbocycles. The summed E-state index contributed by atoms with van der Waals surface area (Å²) in [5.41, 5.74) is 1.05. The summed E-state index contributed by atoms with van der Waals surface area (Å²) in [4.78, 5) is 2.30. The molecule has 2 aliphatic heterocycles. The van der Waals surface area contributed by atoms with Gasteiger partial charge in [0.05, 0.1) is 18.0 Å². The zero-order valence-corrected chi connectivity index (χ0v) is 18.7. The minimum absolute atomic E-state index is 0. The molecule has 4 rings (SSSR count). The summed E-state index contributed by atoms with van der Waals surface area (Å²) in [6, 6.07) is 14.0. The predicted molar refractivity (Wildman–Crippen MR) is 117 cm³/mol. The van der Waals surface area contributed by atoms with Crippen LogP contribution in [0.5, 0.6) is 0 Å². The van der Waals surface area contributed by atoms with Gasteiger partial charge in [-0.3, -0.25) is 4.90 Å². The summed E-state index contributed by atoms with van der Waals surface area (Å²) >= 11 is 0. The Labute approximate surface area is 185 Å². The topological polar surface area (TPSA) is 102 Å². The Morgan fingerprint density at radius 2 is 1.79 bits per heavy atom. The number of hydrogen-bond acceptors (Lipinski definition) is 5. The van der Waals surface area contributed by atoms with Crippen LogP contribution in [-0.4, -0.2) is 61.4 Å². The van der Waals surface area contributed by atoms with Crippen LogP contribution in [0.3, 0.4) is 0 Å². The van der Waals surface area contributed by atoms with Gasteiger partial charge in [0.25, 0.3) is 10.2 Å². The van der Waals surface area contributed by atoms with E-state index in [0.29, 0.717) is 37.5 Å². The van der Waals surface area contributed by atoms with Crippen LogP contribution in [0.4, 0.5) is 0 Å². The molecule has 10 heteroatoms. The van der Waals surface area contributed by atoms with Crippen molar-refractivity contribution in [2.24, 2.45) is 5.14 Å². The van der Waals surface area contributed by atoms with Gasteiger partial charge in [-0.1, -0.05) is 30.3 Å². The van der Waals surface area contributed by atoms with E-state index in [2.05, 4.69) is 46.6 Å². The molecule has 0 bridgehead atoms. The van der Waals surface area contributed by atoms with Crippen molar-refractivity contribution in [3.63, 3.8) is 0 Å². The van der Waals surface area contributed by atoms with Gasteiger partial charge in [-0.05, 0) is 24.8 Å². The number of piperidine rings is 1. The monoisotopic (exact) mass is 461 g/mol. The summed E-state index contributed by atoms with van der Waals surface area (Å²) in [5, 5.41) is 18.2. The third kappa shape index (κ3) is 5.23. The van der Waals surface area contributed by atoms with Crippen molar-refractivity contribution in [3.05, 3.63) is 35.9 Å². The van der Waals surface area contributed by atoms with Crippen molar-refractivity contribution in [3.8, 4) is 6.07 Å². The minimum Gasteiger partial charge on any atom is -0.311 e. The van der Waals surface area contributed by atoms with Gasteiger partial charge in [0.2, 0.25) is 0 Å². The molecule has 3 fully saturated rings. The van der Waals surface area contributed by atoms with Crippen LogP contribution in [0.25, 0.3) is 0 Å². The molecule has 3 aliphatic rings. The van der Waals surface area contributed by atoms with Crippen LogP contribution in [-0.2, 0) is 10.2 Å². The van der Waals surface area contributed by atoms with Crippen molar-refractivity contribution in [1.82, 2.24) is 14.5 Å². The fourth-order valence-electron chi connectivity index (χ4n) is 4.63. The third-order valence-electron chi connectivity index (χ3n) is 6.34. The van der Waals surface area contributed by atoms with Crippen molar-refractivity contribution in [1.29, 1.82) is 5.26 Å². The van der Waals surface area contributed by atoms with Crippen LogP contribution in [0.1, 0.15) is 37.2 Å². The third-order valence-corrected chi connectivity index (χ3v) is 7.32. The van der Waals surface area contributed by atoms with Gasteiger partial charge in [0.1, 0.15) is 0 Å². The Balaban J connectivity index is 0.00000150. The Morgan fingerprint density at radius 1 is 1.17 bits per heavy atom. The Hall–Kier alpha value is -0.920. The van der Waals surface area contributed by atoms with E-state index >= 15 is 0 Å². The van der Waals surface area contributed by atoms with E-state index in [0.717, 1.165) is 25.9 Å². The smallest absolute Gasteiger partial charge is 0.277 e. The number of benzene rings is 1. The quantitative estimate of drug-likeness (QED) is 0.669. The summed E-state index contributed by atoms with van der Waals surface area (Å²) in [5.74, 6) is 0.629. The lowest BCUT2D eigenvalue weighted by atomic mass is 9.84. The largest absolute Gasteiger partial charge is 0.311 e. The molecule has 0 amide bonds. The second-order valence-corrected chi connectivity index (χ2v) is 9.71. The Morgan fingerprint density at radius 3 is 2.34 bits per heavy atom. The minimum atomic E-state index is -3.66. The van der Waals surface area contributed by atoms with E-state index in [1.165, 1.54) is 16.3 Å². The maximum atomic E-state index is 11.5. The maximum absolute atomic E-state index is 11.5. The van der Waals surface area contributed by atoms with Gasteiger partial charge in [0.15, 0.2) is 0 Å². The van der Waals surface area contributed by atoms with Crippen LogP contribution >= 0.6 is 24.8 Å². The summed E-state index contributed by atoms with van der Waals surface area (Å²) < 4.78 is 24.3. The zero-order valence-electron chi connectivity index (χ0n) is 16.2. The average Bonchev–Trinajstić information content (AvgIpc) is 3.37. The number of nitrogens with zero attached hydrogens (tertiary/aromatic N) is 3.